The van der Waals surface area contributed by atoms with Crippen LogP contribution in [0.15, 0.2) is 0 Å². The van der Waals surface area contributed by atoms with Gasteiger partial charge in [0.15, 0.2) is 0 Å². The van der Waals surface area contributed by atoms with Crippen LogP contribution in [0.1, 0.15) is 19.8 Å². The second-order valence-electron chi connectivity index (χ2n) is 2.77. The fourth-order valence-corrected chi connectivity index (χ4v) is 0.816. The van der Waals surface area contributed by atoms with Crippen molar-refractivity contribution < 1.29 is 39.0 Å². The van der Waals surface area contributed by atoms with Gasteiger partial charge in [-0.05, 0) is 6.42 Å². The summed E-state index contributed by atoms with van der Waals surface area (Å²) in [7, 11) is -4.50. The van der Waals surface area contributed by atoms with Gasteiger partial charge < -0.3 is 25.1 Å². The number of phosphoric acid groups is 1. The molecule has 98 valence electrons. The molecule has 0 aromatic carbocycles. The van der Waals surface area contributed by atoms with E-state index in [1.165, 1.54) is 0 Å². The number of phosphoric ester groups is 1. The quantitative estimate of drug-likeness (QED) is 0.395. The average Bonchev–Trinajstić information content (AvgIpc) is 2.13. The third-order valence-electron chi connectivity index (χ3n) is 1.11. The summed E-state index contributed by atoms with van der Waals surface area (Å²) in [5.74, 6) is -0.711. The Morgan fingerprint density at radius 3 is 2.12 bits per heavy atom. The average molecular weight is 260 g/mol. The monoisotopic (exact) mass is 260 g/mol. The van der Waals surface area contributed by atoms with Crippen LogP contribution in [0.2, 0.25) is 0 Å². The molecule has 0 aromatic rings. The van der Waals surface area contributed by atoms with E-state index >= 15 is 0 Å². The van der Waals surface area contributed by atoms with E-state index in [1.807, 2.05) is 6.92 Å². The second kappa shape index (κ2) is 9.71. The highest BCUT2D eigenvalue weighted by Gasteiger charge is 2.15. The van der Waals surface area contributed by atoms with Gasteiger partial charge in [-0.15, -0.1) is 0 Å². The zero-order valence-electron chi connectivity index (χ0n) is 8.81. The molecule has 16 heavy (non-hydrogen) atoms. The van der Waals surface area contributed by atoms with E-state index in [4.69, 9.17) is 25.1 Å². The molecule has 0 aliphatic carbocycles. The van der Waals surface area contributed by atoms with Crippen molar-refractivity contribution in [3.8, 4) is 0 Å². The minimum atomic E-state index is -4.50. The van der Waals surface area contributed by atoms with Crippen LogP contribution in [-0.2, 0) is 13.9 Å². The van der Waals surface area contributed by atoms with Crippen LogP contribution in [0.4, 0.5) is 0 Å². The molecule has 0 bridgehead atoms. The molecule has 0 aromatic heterocycles. The Bertz CT molecular complexity index is 224. The number of carbonyl (C=O) groups is 1. The van der Waals surface area contributed by atoms with Crippen molar-refractivity contribution in [2.45, 2.75) is 25.9 Å². The Kier molecular flexibility index (Phi) is 10.8. The molecule has 0 aliphatic heterocycles. The standard InChI is InChI=1S/C4H8O2.C3H9O6P/c1-2-3-4(5)6;4-1-3(5)2-9-10(6,7)8/h2-3H2,1H3,(H,5,6);3-5H,1-2H2,(H2,6,7,8). The maximum atomic E-state index is 9.93. The van der Waals surface area contributed by atoms with Gasteiger partial charge in [-0.1, -0.05) is 6.92 Å². The van der Waals surface area contributed by atoms with Crippen molar-refractivity contribution in [1.82, 2.24) is 0 Å². The first-order valence-corrected chi connectivity index (χ1v) is 5.96. The van der Waals surface area contributed by atoms with Gasteiger partial charge in [0, 0.05) is 6.42 Å². The fraction of sp³-hybridized carbons (Fsp3) is 0.857. The van der Waals surface area contributed by atoms with Crippen LogP contribution in [0.25, 0.3) is 0 Å². The van der Waals surface area contributed by atoms with Crippen molar-refractivity contribution in [3.05, 3.63) is 0 Å². The van der Waals surface area contributed by atoms with Crippen molar-refractivity contribution in [3.63, 3.8) is 0 Å². The Morgan fingerprint density at radius 2 is 1.94 bits per heavy atom. The molecule has 8 nitrogen and oxygen atoms in total. The van der Waals surface area contributed by atoms with Crippen molar-refractivity contribution in [2.75, 3.05) is 13.2 Å². The number of carboxylic acids is 1. The number of carboxylic acid groups (broad SMARTS) is 1. The van der Waals surface area contributed by atoms with Crippen LogP contribution >= 0.6 is 7.82 Å². The lowest BCUT2D eigenvalue weighted by Crippen LogP contribution is -2.18. The summed E-state index contributed by atoms with van der Waals surface area (Å²) in [6, 6.07) is 0. The number of rotatable bonds is 6. The lowest BCUT2D eigenvalue weighted by atomic mass is 10.4. The molecule has 0 saturated carbocycles. The van der Waals surface area contributed by atoms with Gasteiger partial charge in [0.05, 0.1) is 13.2 Å². The highest BCUT2D eigenvalue weighted by Crippen LogP contribution is 2.35. The summed E-state index contributed by atoms with van der Waals surface area (Å²) in [6.07, 6.45) is -0.220. The number of aliphatic carboxylic acids is 1. The number of aliphatic hydroxyl groups is 2. The molecule has 1 atom stereocenters. The van der Waals surface area contributed by atoms with Crippen molar-refractivity contribution in [2.24, 2.45) is 0 Å². The Labute approximate surface area is 92.7 Å². The molecule has 0 heterocycles. The van der Waals surface area contributed by atoms with E-state index in [0.29, 0.717) is 6.42 Å². The zero-order chi connectivity index (χ0) is 13.2. The van der Waals surface area contributed by atoms with E-state index in [-0.39, 0.29) is 0 Å². The molecule has 1 unspecified atom stereocenters. The predicted molar refractivity (Wildman–Crippen MR) is 53.6 cm³/mol. The van der Waals surface area contributed by atoms with Gasteiger partial charge in [0.1, 0.15) is 6.10 Å². The molecule has 0 radical (unpaired) electrons. The van der Waals surface area contributed by atoms with Gasteiger partial charge in [-0.25, -0.2) is 4.57 Å². The zero-order valence-corrected chi connectivity index (χ0v) is 9.71. The van der Waals surface area contributed by atoms with Gasteiger partial charge >= 0.3 is 13.8 Å². The molecule has 0 saturated heterocycles. The largest absolute Gasteiger partial charge is 0.481 e. The Balaban J connectivity index is 0. The molecular formula is C7H17O8P. The molecule has 0 spiro atoms. The smallest absolute Gasteiger partial charge is 0.469 e. The number of hydrogen-bond acceptors (Lipinski definition) is 5. The van der Waals surface area contributed by atoms with Gasteiger partial charge in [0.25, 0.3) is 0 Å². The summed E-state index contributed by atoms with van der Waals surface area (Å²) in [4.78, 5) is 25.7. The third kappa shape index (κ3) is 19.1. The molecule has 0 fully saturated rings. The number of aliphatic hydroxyl groups excluding tert-OH is 2. The van der Waals surface area contributed by atoms with Crippen LogP contribution < -0.4 is 0 Å². The molecule has 0 aliphatic rings. The first-order chi connectivity index (χ1) is 7.22. The first-order valence-electron chi connectivity index (χ1n) is 4.43. The SMILES string of the molecule is CCCC(=O)O.O=P(O)(O)OCC(O)CO. The second-order valence-corrected chi connectivity index (χ2v) is 4.01. The topological polar surface area (TPSA) is 145 Å². The predicted octanol–water partition coefficient (Wildman–Crippen LogP) is -0.680. The molecule has 5 N–H and O–H groups in total. The van der Waals surface area contributed by atoms with Crippen LogP contribution in [0.3, 0.4) is 0 Å². The number of hydrogen-bond donors (Lipinski definition) is 5. The van der Waals surface area contributed by atoms with E-state index in [9.17, 15) is 9.36 Å². The van der Waals surface area contributed by atoms with E-state index < -0.39 is 33.1 Å². The Morgan fingerprint density at radius 1 is 1.44 bits per heavy atom. The van der Waals surface area contributed by atoms with E-state index in [1.54, 1.807) is 0 Å². The maximum absolute atomic E-state index is 9.93. The third-order valence-corrected chi connectivity index (χ3v) is 1.60. The first kappa shape index (κ1) is 17.9. The fourth-order valence-electron chi connectivity index (χ4n) is 0.450. The van der Waals surface area contributed by atoms with Crippen LogP contribution in [0, 0.1) is 0 Å². The van der Waals surface area contributed by atoms with Crippen molar-refractivity contribution in [1.29, 1.82) is 0 Å². The summed E-state index contributed by atoms with van der Waals surface area (Å²) in [5.41, 5.74) is 0. The van der Waals surface area contributed by atoms with E-state index in [2.05, 4.69) is 4.52 Å². The molecule has 0 amide bonds. The van der Waals surface area contributed by atoms with Gasteiger partial charge in [-0.3, -0.25) is 9.32 Å². The van der Waals surface area contributed by atoms with Crippen LogP contribution in [0.5, 0.6) is 0 Å². The molecular weight excluding hydrogens is 243 g/mol. The van der Waals surface area contributed by atoms with Gasteiger partial charge in [-0.2, -0.15) is 0 Å². The lowest BCUT2D eigenvalue weighted by molar-refractivity contribution is -0.137. The molecule has 0 rings (SSSR count). The highest BCUT2D eigenvalue weighted by molar-refractivity contribution is 7.46. The molecule has 9 heteroatoms. The minimum absolute atomic E-state index is 0.292. The highest BCUT2D eigenvalue weighted by atomic mass is 31.2. The Hall–Kier alpha value is -0.500. The summed E-state index contributed by atoms with van der Waals surface area (Å²) in [5, 5.41) is 24.6. The van der Waals surface area contributed by atoms with Crippen LogP contribution in [-0.4, -0.2) is 50.4 Å². The normalized spacial score (nSPS) is 12.6. The van der Waals surface area contributed by atoms with Gasteiger partial charge in [0.2, 0.25) is 0 Å². The lowest BCUT2D eigenvalue weighted by Gasteiger charge is -2.07. The summed E-state index contributed by atoms with van der Waals surface area (Å²) in [6.45, 7) is 0.689. The maximum Gasteiger partial charge on any atom is 0.469 e. The van der Waals surface area contributed by atoms with E-state index in [0.717, 1.165) is 6.42 Å². The van der Waals surface area contributed by atoms with Crippen molar-refractivity contribution >= 4 is 13.8 Å². The summed E-state index contributed by atoms with van der Waals surface area (Å²) < 4.78 is 13.8. The minimum Gasteiger partial charge on any atom is -0.481 e. The summed E-state index contributed by atoms with van der Waals surface area (Å²) >= 11 is 0.